The number of benzene rings is 1. The standard InChI is InChI=1S/C21H30FN5O/c1-25(2)11-6-13-26-14-10-23-20(26)18-8-5-12-27(16-18)21(28)24-15-17-7-3-4-9-19(17)22/h3-4,7,9-10,14,18H,5-6,8,11-13,15-16H2,1-2H3,(H,24,28)/t18-/m0/s1. The number of likely N-dealkylation sites (tertiary alicyclic amines) is 1. The Morgan fingerprint density at radius 1 is 1.36 bits per heavy atom. The molecule has 0 spiro atoms. The number of nitrogens with one attached hydrogen (secondary N) is 1. The van der Waals surface area contributed by atoms with Crippen LogP contribution in [0.2, 0.25) is 0 Å². The Morgan fingerprint density at radius 3 is 2.96 bits per heavy atom. The predicted molar refractivity (Wildman–Crippen MR) is 108 cm³/mol. The van der Waals surface area contributed by atoms with Gasteiger partial charge in [0.1, 0.15) is 11.6 Å². The van der Waals surface area contributed by atoms with Crippen LogP contribution in [0.15, 0.2) is 36.7 Å². The van der Waals surface area contributed by atoms with Gasteiger partial charge < -0.3 is 19.7 Å². The van der Waals surface area contributed by atoms with E-state index in [9.17, 15) is 9.18 Å². The molecule has 2 aromatic rings. The first kappa shape index (κ1) is 20.3. The number of imidazole rings is 1. The van der Waals surface area contributed by atoms with Crippen molar-refractivity contribution in [3.05, 3.63) is 53.9 Å². The fourth-order valence-electron chi connectivity index (χ4n) is 3.72. The lowest BCUT2D eigenvalue weighted by Gasteiger charge is -2.32. The van der Waals surface area contributed by atoms with Gasteiger partial charge in [-0.3, -0.25) is 0 Å². The number of carbonyl (C=O) groups excluding carboxylic acids is 1. The second-order valence-electron chi connectivity index (χ2n) is 7.67. The first-order valence-corrected chi connectivity index (χ1v) is 9.96. The van der Waals surface area contributed by atoms with Crippen LogP contribution in [0.4, 0.5) is 9.18 Å². The number of piperidine rings is 1. The van der Waals surface area contributed by atoms with Crippen LogP contribution in [0.5, 0.6) is 0 Å². The summed E-state index contributed by atoms with van der Waals surface area (Å²) in [5, 5.41) is 2.85. The number of carbonyl (C=O) groups is 1. The summed E-state index contributed by atoms with van der Waals surface area (Å²) in [6.07, 6.45) is 6.92. The number of aryl methyl sites for hydroxylation is 1. The molecule has 0 radical (unpaired) electrons. The number of rotatable bonds is 7. The highest BCUT2D eigenvalue weighted by Gasteiger charge is 2.27. The van der Waals surface area contributed by atoms with Crippen molar-refractivity contribution in [1.82, 2.24) is 24.7 Å². The van der Waals surface area contributed by atoms with E-state index in [4.69, 9.17) is 0 Å². The Labute approximate surface area is 166 Å². The SMILES string of the molecule is CN(C)CCCn1ccnc1[C@H]1CCCN(C(=O)NCc2ccccc2F)C1. The summed E-state index contributed by atoms with van der Waals surface area (Å²) in [5.74, 6) is 1.01. The van der Waals surface area contributed by atoms with Crippen molar-refractivity contribution < 1.29 is 9.18 Å². The fourth-order valence-corrected chi connectivity index (χ4v) is 3.72. The molecule has 1 N–H and O–H groups in total. The van der Waals surface area contributed by atoms with Gasteiger partial charge in [-0.05, 0) is 46.0 Å². The van der Waals surface area contributed by atoms with Crippen LogP contribution in [0.3, 0.4) is 0 Å². The molecule has 1 aromatic heterocycles. The maximum atomic E-state index is 13.7. The number of urea groups is 1. The van der Waals surface area contributed by atoms with Crippen molar-refractivity contribution in [3.8, 4) is 0 Å². The van der Waals surface area contributed by atoms with E-state index in [1.807, 2.05) is 17.3 Å². The molecular formula is C21H30FN5O. The Kier molecular flexibility index (Phi) is 7.03. The average molecular weight is 388 g/mol. The molecule has 1 aromatic carbocycles. The van der Waals surface area contributed by atoms with Crippen LogP contribution in [-0.4, -0.2) is 59.1 Å². The Balaban J connectivity index is 1.56. The van der Waals surface area contributed by atoms with Gasteiger partial charge in [0.2, 0.25) is 0 Å². The number of amides is 2. The van der Waals surface area contributed by atoms with E-state index in [1.54, 1.807) is 18.2 Å². The van der Waals surface area contributed by atoms with Gasteiger partial charge in [-0.1, -0.05) is 18.2 Å². The molecule has 28 heavy (non-hydrogen) atoms. The van der Waals surface area contributed by atoms with Gasteiger partial charge in [-0.25, -0.2) is 14.2 Å². The van der Waals surface area contributed by atoms with E-state index >= 15 is 0 Å². The average Bonchev–Trinajstić information content (AvgIpc) is 3.15. The van der Waals surface area contributed by atoms with Gasteiger partial charge in [0, 0.05) is 50.1 Å². The maximum Gasteiger partial charge on any atom is 0.317 e. The van der Waals surface area contributed by atoms with Gasteiger partial charge in [0.05, 0.1) is 0 Å². The van der Waals surface area contributed by atoms with E-state index < -0.39 is 0 Å². The minimum atomic E-state index is -0.293. The minimum absolute atomic E-state index is 0.140. The largest absolute Gasteiger partial charge is 0.335 e. The molecule has 1 saturated heterocycles. The summed E-state index contributed by atoms with van der Waals surface area (Å²) in [6.45, 7) is 3.54. The third-order valence-corrected chi connectivity index (χ3v) is 5.21. The quantitative estimate of drug-likeness (QED) is 0.794. The molecule has 7 heteroatoms. The Bertz CT molecular complexity index is 776. The molecule has 0 aliphatic carbocycles. The first-order chi connectivity index (χ1) is 13.5. The van der Waals surface area contributed by atoms with Gasteiger partial charge in [0.25, 0.3) is 0 Å². The number of nitrogens with zero attached hydrogens (tertiary/aromatic N) is 4. The zero-order valence-corrected chi connectivity index (χ0v) is 16.8. The molecule has 2 amide bonds. The third-order valence-electron chi connectivity index (χ3n) is 5.21. The lowest BCUT2D eigenvalue weighted by atomic mass is 9.97. The van der Waals surface area contributed by atoms with Crippen molar-refractivity contribution in [2.75, 3.05) is 33.7 Å². The highest BCUT2D eigenvalue weighted by atomic mass is 19.1. The lowest BCUT2D eigenvalue weighted by molar-refractivity contribution is 0.177. The molecule has 1 aliphatic heterocycles. The number of halogens is 1. The summed E-state index contributed by atoms with van der Waals surface area (Å²) in [6, 6.07) is 6.39. The maximum absolute atomic E-state index is 13.7. The molecule has 1 fully saturated rings. The molecule has 0 unspecified atom stereocenters. The van der Waals surface area contributed by atoms with Gasteiger partial charge in [-0.2, -0.15) is 0 Å². The minimum Gasteiger partial charge on any atom is -0.335 e. The molecule has 1 atom stereocenters. The molecule has 2 heterocycles. The number of hydrogen-bond donors (Lipinski definition) is 1. The fraction of sp³-hybridized carbons (Fsp3) is 0.524. The van der Waals surface area contributed by atoms with E-state index in [-0.39, 0.29) is 24.3 Å². The second kappa shape index (κ2) is 9.68. The van der Waals surface area contributed by atoms with E-state index in [0.29, 0.717) is 12.1 Å². The van der Waals surface area contributed by atoms with E-state index in [1.165, 1.54) is 6.07 Å². The summed E-state index contributed by atoms with van der Waals surface area (Å²) in [5.41, 5.74) is 0.501. The van der Waals surface area contributed by atoms with Crippen molar-refractivity contribution in [3.63, 3.8) is 0 Å². The lowest BCUT2D eigenvalue weighted by Crippen LogP contribution is -2.45. The highest BCUT2D eigenvalue weighted by Crippen LogP contribution is 2.26. The molecule has 3 rings (SSSR count). The first-order valence-electron chi connectivity index (χ1n) is 9.96. The molecular weight excluding hydrogens is 357 g/mol. The molecule has 0 saturated carbocycles. The monoisotopic (exact) mass is 387 g/mol. The number of aromatic nitrogens is 2. The van der Waals surface area contributed by atoms with Crippen molar-refractivity contribution in [2.24, 2.45) is 0 Å². The third kappa shape index (κ3) is 5.32. The van der Waals surface area contributed by atoms with E-state index in [2.05, 4.69) is 33.9 Å². The predicted octanol–water partition coefficient (Wildman–Crippen LogP) is 3.06. The summed E-state index contributed by atoms with van der Waals surface area (Å²) in [4.78, 5) is 21.2. The summed E-state index contributed by atoms with van der Waals surface area (Å²) in [7, 11) is 4.15. The van der Waals surface area contributed by atoms with Gasteiger partial charge in [0.15, 0.2) is 0 Å². The van der Waals surface area contributed by atoms with Crippen LogP contribution in [0, 0.1) is 5.82 Å². The number of hydrogen-bond acceptors (Lipinski definition) is 3. The molecule has 6 nitrogen and oxygen atoms in total. The van der Waals surface area contributed by atoms with Crippen LogP contribution in [0.1, 0.15) is 36.6 Å². The highest BCUT2D eigenvalue weighted by molar-refractivity contribution is 5.74. The normalized spacial score (nSPS) is 17.1. The molecule has 152 valence electrons. The van der Waals surface area contributed by atoms with Gasteiger partial charge in [-0.15, -0.1) is 0 Å². The van der Waals surface area contributed by atoms with E-state index in [0.717, 1.165) is 44.7 Å². The zero-order chi connectivity index (χ0) is 19.9. The molecule has 0 bridgehead atoms. The topological polar surface area (TPSA) is 53.4 Å². The summed E-state index contributed by atoms with van der Waals surface area (Å²) >= 11 is 0. The Hall–Kier alpha value is -2.41. The van der Waals surface area contributed by atoms with Crippen molar-refractivity contribution in [2.45, 2.75) is 38.3 Å². The van der Waals surface area contributed by atoms with Crippen LogP contribution in [-0.2, 0) is 13.1 Å². The van der Waals surface area contributed by atoms with Crippen molar-refractivity contribution in [1.29, 1.82) is 0 Å². The Morgan fingerprint density at radius 2 is 2.18 bits per heavy atom. The second-order valence-corrected chi connectivity index (χ2v) is 7.67. The molecule has 1 aliphatic rings. The van der Waals surface area contributed by atoms with Crippen LogP contribution in [0.25, 0.3) is 0 Å². The summed E-state index contributed by atoms with van der Waals surface area (Å²) < 4.78 is 16.0. The van der Waals surface area contributed by atoms with Crippen molar-refractivity contribution >= 4 is 6.03 Å². The van der Waals surface area contributed by atoms with Crippen LogP contribution < -0.4 is 5.32 Å². The van der Waals surface area contributed by atoms with Crippen LogP contribution >= 0.6 is 0 Å². The smallest absolute Gasteiger partial charge is 0.317 e. The van der Waals surface area contributed by atoms with Gasteiger partial charge >= 0.3 is 6.03 Å². The zero-order valence-electron chi connectivity index (χ0n) is 16.8.